The standard InChI is InChI=1S/C17H38N.2CH4O4S.H3N/c1-5-6-7-8-9-10-11-12-13-14-15-16-17-18(2,3)4;2*1-5-6(2,3)4;/h5-17H2,1-4H3;2*1H3,(H,2,3,4);1H3/q+1;;;/p-1. The topological polar surface area (TPSA) is 169 Å². The van der Waals surface area contributed by atoms with E-state index in [1.807, 2.05) is 0 Å². The molecule has 0 aromatic rings. The van der Waals surface area contributed by atoms with Crippen LogP contribution in [0.25, 0.3) is 0 Å². The fourth-order valence-corrected chi connectivity index (χ4v) is 2.43. The lowest BCUT2D eigenvalue weighted by molar-refractivity contribution is -0.870. The van der Waals surface area contributed by atoms with Crippen molar-refractivity contribution >= 4 is 20.8 Å². The molecule has 0 unspecified atom stereocenters. The van der Waals surface area contributed by atoms with Crippen molar-refractivity contribution in [3.8, 4) is 0 Å². The van der Waals surface area contributed by atoms with Crippen molar-refractivity contribution in [2.24, 2.45) is 0 Å². The van der Waals surface area contributed by atoms with Gasteiger partial charge in [0, 0.05) is 0 Å². The lowest BCUT2D eigenvalue weighted by Gasteiger charge is -2.23. The SMILES string of the molecule is CCCCCCCCCCCCCC[N+](C)(C)C.COS(=O)(=O)[O-].COS(=O)(=O)[O-].[NH4+]. The predicted octanol–water partition coefficient (Wildman–Crippen LogP) is 3.96. The molecule has 194 valence electrons. The summed E-state index contributed by atoms with van der Waals surface area (Å²) >= 11 is 0. The zero-order valence-electron chi connectivity index (χ0n) is 20.7. The molecule has 0 heterocycles. The van der Waals surface area contributed by atoms with Gasteiger partial charge in [-0.2, -0.15) is 0 Å². The predicted molar refractivity (Wildman–Crippen MR) is 123 cm³/mol. The van der Waals surface area contributed by atoms with Crippen molar-refractivity contribution in [3.63, 3.8) is 0 Å². The Bertz CT molecular complexity index is 530. The van der Waals surface area contributed by atoms with Crippen LogP contribution in [-0.4, -0.2) is 72.3 Å². The lowest BCUT2D eigenvalue weighted by Crippen LogP contribution is -2.35. The molecule has 0 aromatic carbocycles. The maximum absolute atomic E-state index is 9.22. The monoisotopic (exact) mass is 496 g/mol. The molecule has 10 nitrogen and oxygen atoms in total. The number of unbranched alkanes of at least 4 members (excludes halogenated alkanes) is 11. The van der Waals surface area contributed by atoms with Gasteiger partial charge in [0.15, 0.2) is 0 Å². The fraction of sp³-hybridized carbons (Fsp3) is 1.00. The highest BCUT2D eigenvalue weighted by Crippen LogP contribution is 2.12. The van der Waals surface area contributed by atoms with Gasteiger partial charge in [0.1, 0.15) is 0 Å². The van der Waals surface area contributed by atoms with Crippen LogP contribution in [0.1, 0.15) is 84.0 Å². The van der Waals surface area contributed by atoms with Gasteiger partial charge in [-0.25, -0.2) is 16.8 Å². The summed E-state index contributed by atoms with van der Waals surface area (Å²) in [4.78, 5) is 0. The number of nitrogens with zero attached hydrogens (tertiary/aromatic N) is 1. The second kappa shape index (κ2) is 22.8. The van der Waals surface area contributed by atoms with Gasteiger partial charge in [-0.05, 0) is 12.8 Å². The number of quaternary nitrogens is 2. The third-order valence-corrected chi connectivity index (χ3v) is 4.91. The Morgan fingerprint density at radius 3 is 1.03 bits per heavy atom. The summed E-state index contributed by atoms with van der Waals surface area (Å²) in [6.45, 7) is 3.62. The van der Waals surface area contributed by atoms with E-state index >= 15 is 0 Å². The Kier molecular flexibility index (Phi) is 28.0. The molecule has 0 radical (unpaired) electrons. The molecule has 0 atom stereocenters. The van der Waals surface area contributed by atoms with E-state index in [0.29, 0.717) is 0 Å². The van der Waals surface area contributed by atoms with E-state index in [0.717, 1.165) is 18.7 Å². The lowest BCUT2D eigenvalue weighted by atomic mass is 10.1. The zero-order chi connectivity index (χ0) is 24.1. The second-order valence-corrected chi connectivity index (χ2v) is 10.4. The van der Waals surface area contributed by atoms with Crippen molar-refractivity contribution in [3.05, 3.63) is 0 Å². The normalized spacial score (nSPS) is 11.5. The van der Waals surface area contributed by atoms with Gasteiger partial charge in [0.25, 0.3) is 0 Å². The van der Waals surface area contributed by atoms with E-state index in [9.17, 15) is 25.9 Å². The molecule has 0 saturated heterocycles. The molecular formula is C19H48N2O8S2. The molecule has 0 saturated carbocycles. The first-order valence-corrected chi connectivity index (χ1v) is 13.2. The summed E-state index contributed by atoms with van der Waals surface area (Å²) in [6, 6.07) is 0. The van der Waals surface area contributed by atoms with Crippen LogP contribution in [0.2, 0.25) is 0 Å². The van der Waals surface area contributed by atoms with Crippen LogP contribution in [0.4, 0.5) is 0 Å². The van der Waals surface area contributed by atoms with Gasteiger partial charge in [-0.15, -0.1) is 0 Å². The van der Waals surface area contributed by atoms with Crippen LogP contribution in [0.3, 0.4) is 0 Å². The van der Waals surface area contributed by atoms with Crippen molar-refractivity contribution in [1.29, 1.82) is 0 Å². The Hall–Kier alpha value is -0.340. The minimum atomic E-state index is -4.41. The number of hydrogen-bond donors (Lipinski definition) is 1. The van der Waals surface area contributed by atoms with Gasteiger partial charge in [-0.3, -0.25) is 8.37 Å². The van der Waals surface area contributed by atoms with Gasteiger partial charge in [-0.1, -0.05) is 71.1 Å². The second-order valence-electron chi connectivity index (χ2n) is 8.05. The van der Waals surface area contributed by atoms with Crippen molar-refractivity contribution in [1.82, 2.24) is 6.15 Å². The van der Waals surface area contributed by atoms with E-state index in [4.69, 9.17) is 0 Å². The highest BCUT2D eigenvalue weighted by molar-refractivity contribution is 7.81. The summed E-state index contributed by atoms with van der Waals surface area (Å²) in [5.74, 6) is 0. The van der Waals surface area contributed by atoms with Gasteiger partial charge >= 0.3 is 0 Å². The number of hydrogen-bond acceptors (Lipinski definition) is 8. The van der Waals surface area contributed by atoms with Gasteiger partial charge in [0.05, 0.1) is 41.9 Å². The first kappa shape index (κ1) is 37.9. The Morgan fingerprint density at radius 2 is 0.839 bits per heavy atom. The summed E-state index contributed by atoms with van der Waals surface area (Å²) < 4.78 is 63.2. The average Bonchev–Trinajstić information content (AvgIpc) is 2.61. The molecule has 0 aliphatic carbocycles. The fourth-order valence-electron chi connectivity index (χ4n) is 2.43. The average molecular weight is 497 g/mol. The molecule has 31 heavy (non-hydrogen) atoms. The minimum absolute atomic E-state index is 0. The maximum atomic E-state index is 9.22. The molecule has 0 amide bonds. The summed E-state index contributed by atoms with van der Waals surface area (Å²) in [5, 5.41) is 0. The van der Waals surface area contributed by atoms with Crippen LogP contribution in [0, 0.1) is 0 Å². The van der Waals surface area contributed by atoms with Crippen LogP contribution in [0.15, 0.2) is 0 Å². The van der Waals surface area contributed by atoms with E-state index in [1.54, 1.807) is 0 Å². The summed E-state index contributed by atoms with van der Waals surface area (Å²) in [7, 11) is -0.338. The van der Waals surface area contributed by atoms with Crippen LogP contribution in [-0.2, 0) is 29.2 Å². The highest BCUT2D eigenvalue weighted by atomic mass is 32.3. The quantitative estimate of drug-likeness (QED) is 0.154. The third kappa shape index (κ3) is 53.2. The highest BCUT2D eigenvalue weighted by Gasteiger charge is 2.04. The van der Waals surface area contributed by atoms with E-state index in [1.165, 1.54) is 83.6 Å². The van der Waals surface area contributed by atoms with Gasteiger partial charge in [0.2, 0.25) is 20.8 Å². The first-order valence-electron chi connectivity index (χ1n) is 10.5. The molecule has 0 fully saturated rings. The van der Waals surface area contributed by atoms with Gasteiger partial charge < -0.3 is 19.7 Å². The third-order valence-electron chi connectivity index (χ3n) is 4.09. The van der Waals surface area contributed by atoms with Crippen molar-refractivity contribution < 1.29 is 38.8 Å². The molecule has 0 rings (SSSR count). The maximum Gasteiger partial charge on any atom is 0.217 e. The smallest absolute Gasteiger partial charge is 0.217 e. The van der Waals surface area contributed by atoms with E-state index in [2.05, 4.69) is 36.4 Å². The zero-order valence-corrected chi connectivity index (χ0v) is 22.4. The molecule has 4 N–H and O–H groups in total. The molecule has 0 aromatic heterocycles. The first-order chi connectivity index (χ1) is 13.7. The van der Waals surface area contributed by atoms with Crippen molar-refractivity contribution in [2.75, 3.05) is 41.9 Å². The number of rotatable bonds is 15. The Labute approximate surface area is 191 Å². The summed E-state index contributed by atoms with van der Waals surface area (Å²) in [6.07, 6.45) is 17.4. The Balaban J connectivity index is -0.000000231. The summed E-state index contributed by atoms with van der Waals surface area (Å²) in [5.41, 5.74) is 0. The molecule has 0 aliphatic rings. The molecular weight excluding hydrogens is 448 g/mol. The molecule has 0 bridgehead atoms. The Morgan fingerprint density at radius 1 is 0.613 bits per heavy atom. The van der Waals surface area contributed by atoms with Crippen LogP contribution in [0.5, 0.6) is 0 Å². The van der Waals surface area contributed by atoms with E-state index in [-0.39, 0.29) is 6.15 Å². The van der Waals surface area contributed by atoms with Crippen molar-refractivity contribution in [2.45, 2.75) is 84.0 Å². The van der Waals surface area contributed by atoms with Crippen LogP contribution < -0.4 is 6.15 Å². The largest absolute Gasteiger partial charge is 0.726 e. The molecule has 0 spiro atoms. The van der Waals surface area contributed by atoms with E-state index < -0.39 is 20.8 Å². The van der Waals surface area contributed by atoms with Crippen LogP contribution >= 0.6 is 0 Å². The molecule has 0 aliphatic heterocycles. The molecule has 12 heteroatoms. The minimum Gasteiger partial charge on any atom is -0.726 e.